The largest absolute Gasteiger partial charge is 0.352 e. The summed E-state index contributed by atoms with van der Waals surface area (Å²) in [5, 5.41) is 8.45. The number of halogens is 1. The lowest BCUT2D eigenvalue weighted by molar-refractivity contribution is 0.374. The molecule has 0 saturated heterocycles. The first-order valence-corrected chi connectivity index (χ1v) is 8.82. The summed E-state index contributed by atoms with van der Waals surface area (Å²) in [6, 6.07) is 10.1. The zero-order valence-corrected chi connectivity index (χ0v) is 14.7. The molecule has 1 fully saturated rings. The maximum absolute atomic E-state index is 13.3. The Kier molecular flexibility index (Phi) is 3.63. The minimum absolute atomic E-state index is 0.273. The smallest absolute Gasteiger partial charge is 0.229 e. The summed E-state index contributed by atoms with van der Waals surface area (Å²) in [6.07, 6.45) is 3.95. The molecular formula is C19H17FN6O. The molecule has 0 spiro atoms. The van der Waals surface area contributed by atoms with E-state index in [2.05, 4.69) is 20.2 Å². The van der Waals surface area contributed by atoms with E-state index in [0.29, 0.717) is 23.9 Å². The first-order chi connectivity index (χ1) is 13.2. The second-order valence-corrected chi connectivity index (χ2v) is 6.79. The van der Waals surface area contributed by atoms with Crippen molar-refractivity contribution < 1.29 is 8.91 Å². The van der Waals surface area contributed by atoms with Crippen molar-refractivity contribution >= 4 is 11.5 Å². The van der Waals surface area contributed by atoms with Gasteiger partial charge in [0.05, 0.1) is 18.4 Å². The highest BCUT2D eigenvalue weighted by Gasteiger charge is 2.29. The highest BCUT2D eigenvalue weighted by atomic mass is 19.1. The van der Waals surface area contributed by atoms with Gasteiger partial charge in [0, 0.05) is 30.7 Å². The molecule has 1 aliphatic carbocycles. The van der Waals surface area contributed by atoms with Crippen molar-refractivity contribution in [2.75, 3.05) is 11.9 Å². The van der Waals surface area contributed by atoms with E-state index < -0.39 is 0 Å². The molecule has 5 rings (SSSR count). The minimum atomic E-state index is -0.273. The van der Waals surface area contributed by atoms with Crippen LogP contribution < -0.4 is 4.90 Å². The fraction of sp³-hybridized carbons (Fsp3) is 0.263. The molecule has 0 unspecified atom stereocenters. The van der Waals surface area contributed by atoms with E-state index >= 15 is 0 Å². The molecule has 0 radical (unpaired) electrons. The maximum atomic E-state index is 13.3. The molecular weight excluding hydrogens is 347 g/mol. The molecule has 0 N–H and O–H groups in total. The Morgan fingerprint density at radius 2 is 2.00 bits per heavy atom. The maximum Gasteiger partial charge on any atom is 0.229 e. The Labute approximate surface area is 154 Å². The topological polar surface area (TPSA) is 72.3 Å². The van der Waals surface area contributed by atoms with Crippen LogP contribution in [0.5, 0.6) is 0 Å². The molecule has 3 aromatic heterocycles. The third-order valence-electron chi connectivity index (χ3n) is 4.66. The van der Waals surface area contributed by atoms with E-state index in [-0.39, 0.29) is 5.82 Å². The van der Waals surface area contributed by atoms with Gasteiger partial charge in [0.2, 0.25) is 5.89 Å². The van der Waals surface area contributed by atoms with Crippen LogP contribution in [-0.4, -0.2) is 31.8 Å². The molecule has 0 bridgehead atoms. The van der Waals surface area contributed by atoms with Gasteiger partial charge >= 0.3 is 0 Å². The number of hydrogen-bond acceptors (Lipinski definition) is 6. The van der Waals surface area contributed by atoms with Crippen LogP contribution in [-0.2, 0) is 6.54 Å². The Morgan fingerprint density at radius 3 is 2.78 bits per heavy atom. The summed E-state index contributed by atoms with van der Waals surface area (Å²) in [4.78, 5) is 11.1. The fourth-order valence-corrected chi connectivity index (χ4v) is 3.06. The van der Waals surface area contributed by atoms with E-state index in [4.69, 9.17) is 4.52 Å². The Bertz CT molecular complexity index is 1100. The summed E-state index contributed by atoms with van der Waals surface area (Å²) in [7, 11) is 1.94. The van der Waals surface area contributed by atoms with Gasteiger partial charge in [0.25, 0.3) is 0 Å². The van der Waals surface area contributed by atoms with Crippen molar-refractivity contribution in [3.8, 4) is 11.3 Å². The van der Waals surface area contributed by atoms with Crippen molar-refractivity contribution in [2.45, 2.75) is 25.3 Å². The van der Waals surface area contributed by atoms with E-state index in [1.54, 1.807) is 22.8 Å². The summed E-state index contributed by atoms with van der Waals surface area (Å²) >= 11 is 0. The van der Waals surface area contributed by atoms with Gasteiger partial charge in [0.15, 0.2) is 11.5 Å². The molecule has 8 heteroatoms. The molecule has 4 aromatic rings. The predicted octanol–water partition coefficient (Wildman–Crippen LogP) is 3.43. The average Bonchev–Trinajstić information content (AvgIpc) is 3.23. The number of fused-ring (bicyclic) bond motifs is 1. The second kappa shape index (κ2) is 6.15. The molecule has 7 nitrogen and oxygen atoms in total. The first-order valence-electron chi connectivity index (χ1n) is 8.82. The van der Waals surface area contributed by atoms with Gasteiger partial charge in [-0.3, -0.25) is 0 Å². The third kappa shape index (κ3) is 3.03. The molecule has 27 heavy (non-hydrogen) atoms. The molecule has 136 valence electrons. The highest BCUT2D eigenvalue weighted by molar-refractivity contribution is 5.66. The van der Waals surface area contributed by atoms with E-state index in [0.717, 1.165) is 35.8 Å². The highest BCUT2D eigenvalue weighted by Crippen LogP contribution is 2.38. The van der Waals surface area contributed by atoms with Crippen LogP contribution in [0.25, 0.3) is 16.9 Å². The number of rotatable bonds is 5. The van der Waals surface area contributed by atoms with Gasteiger partial charge in [-0.25, -0.2) is 9.37 Å². The van der Waals surface area contributed by atoms with Gasteiger partial charge in [-0.1, -0.05) is 5.16 Å². The lowest BCUT2D eigenvalue weighted by Crippen LogP contribution is -2.21. The molecule has 1 aliphatic rings. The summed E-state index contributed by atoms with van der Waals surface area (Å²) in [5.74, 6) is 2.36. The monoisotopic (exact) mass is 364 g/mol. The van der Waals surface area contributed by atoms with Crippen molar-refractivity contribution in [2.24, 2.45) is 0 Å². The number of aromatic nitrogens is 5. The van der Waals surface area contributed by atoms with Crippen LogP contribution in [0.15, 0.2) is 47.1 Å². The lowest BCUT2D eigenvalue weighted by Gasteiger charge is -2.19. The SMILES string of the molecule is CN(Cc1noc(C2CC2)n1)c1cc(-c2ccc(F)cc2)nc2ccnn12. The van der Waals surface area contributed by atoms with Crippen LogP contribution >= 0.6 is 0 Å². The quantitative estimate of drug-likeness (QED) is 0.540. The van der Waals surface area contributed by atoms with Crippen molar-refractivity contribution in [3.05, 3.63) is 60.1 Å². The number of benzene rings is 1. The first kappa shape index (κ1) is 15.9. The van der Waals surface area contributed by atoms with Gasteiger partial charge < -0.3 is 9.42 Å². The normalized spacial score (nSPS) is 14.0. The number of anilines is 1. The van der Waals surface area contributed by atoms with Gasteiger partial charge in [-0.15, -0.1) is 0 Å². The average molecular weight is 364 g/mol. The van der Waals surface area contributed by atoms with Crippen LogP contribution in [0.1, 0.15) is 30.5 Å². The van der Waals surface area contributed by atoms with Gasteiger partial charge in [0.1, 0.15) is 11.6 Å². The molecule has 0 amide bonds. The second-order valence-electron chi connectivity index (χ2n) is 6.79. The van der Waals surface area contributed by atoms with Crippen molar-refractivity contribution in [3.63, 3.8) is 0 Å². The summed E-state index contributed by atoms with van der Waals surface area (Å²) in [5.41, 5.74) is 2.30. The van der Waals surface area contributed by atoms with Crippen molar-refractivity contribution in [1.29, 1.82) is 0 Å². The van der Waals surface area contributed by atoms with E-state index in [9.17, 15) is 4.39 Å². The standard InChI is InChI=1S/C19H17FN6O/c1-25(11-16-23-19(27-24-16)13-2-3-13)18-10-15(12-4-6-14(20)7-5-12)22-17-8-9-21-26(17)18/h4-10,13H,2-3,11H2,1H3. The Morgan fingerprint density at radius 1 is 1.19 bits per heavy atom. The number of hydrogen-bond donors (Lipinski definition) is 0. The zero-order chi connectivity index (χ0) is 18.4. The third-order valence-corrected chi connectivity index (χ3v) is 4.66. The van der Waals surface area contributed by atoms with Gasteiger partial charge in [-0.2, -0.15) is 14.6 Å². The summed E-state index contributed by atoms with van der Waals surface area (Å²) < 4.78 is 20.4. The Balaban J connectivity index is 1.50. The zero-order valence-electron chi connectivity index (χ0n) is 14.7. The predicted molar refractivity (Wildman–Crippen MR) is 96.8 cm³/mol. The minimum Gasteiger partial charge on any atom is -0.352 e. The molecule has 3 heterocycles. The Hall–Kier alpha value is -3.29. The van der Waals surface area contributed by atoms with Crippen LogP contribution in [0.2, 0.25) is 0 Å². The molecule has 1 saturated carbocycles. The molecule has 0 atom stereocenters. The van der Waals surface area contributed by atoms with Crippen molar-refractivity contribution in [1.82, 2.24) is 24.7 Å². The van der Waals surface area contributed by atoms with E-state index in [1.165, 1.54) is 12.1 Å². The fourth-order valence-electron chi connectivity index (χ4n) is 3.06. The number of nitrogens with zero attached hydrogens (tertiary/aromatic N) is 6. The van der Waals surface area contributed by atoms with Crippen LogP contribution in [0.4, 0.5) is 10.2 Å². The summed E-state index contributed by atoms with van der Waals surface area (Å²) in [6.45, 7) is 0.484. The lowest BCUT2D eigenvalue weighted by atomic mass is 10.1. The van der Waals surface area contributed by atoms with Crippen LogP contribution in [0.3, 0.4) is 0 Å². The molecule has 1 aromatic carbocycles. The van der Waals surface area contributed by atoms with Gasteiger partial charge in [-0.05, 0) is 37.1 Å². The van der Waals surface area contributed by atoms with Crippen LogP contribution in [0, 0.1) is 5.82 Å². The van der Waals surface area contributed by atoms with E-state index in [1.807, 2.05) is 24.1 Å². The molecule has 0 aliphatic heterocycles.